The zero-order valence-corrected chi connectivity index (χ0v) is 12.1. The largest absolute Gasteiger partial charge is 0.349 e. The average molecular weight is 284 g/mol. The highest BCUT2D eigenvalue weighted by Crippen LogP contribution is 2.23. The topological polar surface area (TPSA) is 83.8 Å². The lowest BCUT2D eigenvalue weighted by atomic mass is 10.1. The molecule has 0 radical (unpaired) electrons. The van der Waals surface area contributed by atoms with Gasteiger partial charge in [0.25, 0.3) is 5.91 Å². The Balaban J connectivity index is 1.80. The van der Waals surface area contributed by atoms with Gasteiger partial charge in [-0.05, 0) is 32.3 Å². The number of aryl methyl sites for hydroxylation is 1. The molecule has 1 heterocycles. The number of hydrogen-bond acceptors (Lipinski definition) is 3. The van der Waals surface area contributed by atoms with Crippen molar-refractivity contribution in [2.75, 3.05) is 0 Å². The molecule has 0 bridgehead atoms. The maximum absolute atomic E-state index is 12.4. The van der Waals surface area contributed by atoms with Crippen LogP contribution in [-0.4, -0.2) is 28.2 Å². The number of hydrogen-bond donors (Lipinski definition) is 3. The molecule has 1 aliphatic rings. The molecule has 1 aliphatic carbocycles. The lowest BCUT2D eigenvalue weighted by Gasteiger charge is -2.12. The van der Waals surface area contributed by atoms with Crippen molar-refractivity contribution in [3.8, 4) is 11.3 Å². The predicted molar refractivity (Wildman–Crippen MR) is 81.8 cm³/mol. The van der Waals surface area contributed by atoms with E-state index in [-0.39, 0.29) is 18.0 Å². The number of aromatic amines is 1. The summed E-state index contributed by atoms with van der Waals surface area (Å²) in [4.78, 5) is 12.4. The van der Waals surface area contributed by atoms with Crippen LogP contribution >= 0.6 is 0 Å². The monoisotopic (exact) mass is 284 g/mol. The van der Waals surface area contributed by atoms with E-state index in [2.05, 4.69) is 15.5 Å². The Morgan fingerprint density at radius 2 is 2.29 bits per heavy atom. The Morgan fingerprint density at radius 3 is 3.00 bits per heavy atom. The van der Waals surface area contributed by atoms with Crippen LogP contribution in [0, 0.1) is 6.92 Å². The number of amides is 1. The van der Waals surface area contributed by atoms with Crippen LogP contribution in [0.1, 0.15) is 35.2 Å². The number of nitrogens with one attached hydrogen (secondary N) is 2. The highest BCUT2D eigenvalue weighted by molar-refractivity contribution is 5.99. The minimum atomic E-state index is -0.0839. The van der Waals surface area contributed by atoms with Gasteiger partial charge in [-0.2, -0.15) is 5.10 Å². The van der Waals surface area contributed by atoms with Crippen LogP contribution in [0.15, 0.2) is 30.5 Å². The van der Waals surface area contributed by atoms with E-state index in [0.29, 0.717) is 5.56 Å². The number of carbonyl (C=O) groups is 1. The van der Waals surface area contributed by atoms with Gasteiger partial charge >= 0.3 is 0 Å². The van der Waals surface area contributed by atoms with Gasteiger partial charge in [0, 0.05) is 17.6 Å². The lowest BCUT2D eigenvalue weighted by molar-refractivity contribution is 0.0938. The first-order chi connectivity index (χ1) is 10.1. The molecule has 1 aromatic carbocycles. The van der Waals surface area contributed by atoms with Gasteiger partial charge in [-0.3, -0.25) is 9.89 Å². The summed E-state index contributed by atoms with van der Waals surface area (Å²) < 4.78 is 0. The predicted octanol–water partition coefficient (Wildman–Crippen LogP) is 1.99. The normalized spacial score (nSPS) is 21.4. The molecule has 1 saturated carbocycles. The highest BCUT2D eigenvalue weighted by Gasteiger charge is 2.25. The number of rotatable bonds is 3. The minimum absolute atomic E-state index is 0.0839. The summed E-state index contributed by atoms with van der Waals surface area (Å²) in [5.74, 6) is -0.0839. The number of benzene rings is 1. The van der Waals surface area contributed by atoms with Crippen LogP contribution in [0.5, 0.6) is 0 Å². The second-order valence-electron chi connectivity index (χ2n) is 5.77. The Bertz CT molecular complexity index is 649. The minimum Gasteiger partial charge on any atom is -0.349 e. The van der Waals surface area contributed by atoms with Gasteiger partial charge in [0.15, 0.2) is 0 Å². The van der Waals surface area contributed by atoms with Gasteiger partial charge in [-0.25, -0.2) is 0 Å². The lowest BCUT2D eigenvalue weighted by Crippen LogP contribution is -2.34. The van der Waals surface area contributed by atoms with Crippen LogP contribution < -0.4 is 11.1 Å². The second-order valence-corrected chi connectivity index (χ2v) is 5.77. The number of aromatic nitrogens is 2. The van der Waals surface area contributed by atoms with Crippen molar-refractivity contribution >= 4 is 5.91 Å². The molecule has 0 saturated heterocycles. The summed E-state index contributed by atoms with van der Waals surface area (Å²) in [7, 11) is 0. The SMILES string of the molecule is Cc1cccc(-c2[nH]ncc2C(=O)N[C@H]2CC[C@H](N)C2)c1. The first-order valence-corrected chi connectivity index (χ1v) is 7.30. The molecular weight excluding hydrogens is 264 g/mol. The van der Waals surface area contributed by atoms with Crippen molar-refractivity contribution in [2.45, 2.75) is 38.3 Å². The second kappa shape index (κ2) is 5.69. The number of carbonyl (C=O) groups excluding carboxylic acids is 1. The summed E-state index contributed by atoms with van der Waals surface area (Å²) >= 11 is 0. The number of H-pyrrole nitrogens is 1. The molecule has 110 valence electrons. The average Bonchev–Trinajstić information content (AvgIpc) is 3.07. The summed E-state index contributed by atoms with van der Waals surface area (Å²) in [5.41, 5.74) is 9.36. The molecule has 21 heavy (non-hydrogen) atoms. The molecule has 5 nitrogen and oxygen atoms in total. The maximum atomic E-state index is 12.4. The van der Waals surface area contributed by atoms with Crippen molar-refractivity contribution in [3.63, 3.8) is 0 Å². The molecule has 1 amide bonds. The van der Waals surface area contributed by atoms with Gasteiger partial charge in [-0.1, -0.05) is 23.8 Å². The van der Waals surface area contributed by atoms with Crippen molar-refractivity contribution in [3.05, 3.63) is 41.6 Å². The van der Waals surface area contributed by atoms with Crippen LogP contribution in [0.3, 0.4) is 0 Å². The van der Waals surface area contributed by atoms with Crippen molar-refractivity contribution < 1.29 is 4.79 Å². The van der Waals surface area contributed by atoms with Crippen molar-refractivity contribution in [1.29, 1.82) is 0 Å². The molecule has 0 spiro atoms. The molecule has 3 rings (SSSR count). The van der Waals surface area contributed by atoms with Crippen molar-refractivity contribution in [2.24, 2.45) is 5.73 Å². The molecule has 1 aromatic heterocycles. The molecule has 0 unspecified atom stereocenters. The molecular formula is C16H20N4O. The first-order valence-electron chi connectivity index (χ1n) is 7.30. The Hall–Kier alpha value is -2.14. The van der Waals surface area contributed by atoms with E-state index >= 15 is 0 Å². The highest BCUT2D eigenvalue weighted by atomic mass is 16.1. The molecule has 1 fully saturated rings. The third kappa shape index (κ3) is 2.97. The summed E-state index contributed by atoms with van der Waals surface area (Å²) in [6.45, 7) is 2.03. The van der Waals surface area contributed by atoms with Gasteiger partial charge in [0.1, 0.15) is 0 Å². The quantitative estimate of drug-likeness (QED) is 0.806. The van der Waals surface area contributed by atoms with E-state index in [9.17, 15) is 4.79 Å². The smallest absolute Gasteiger partial charge is 0.255 e. The standard InChI is InChI=1S/C16H20N4O/c1-10-3-2-4-11(7-10)15-14(9-18-20-15)16(21)19-13-6-5-12(17)8-13/h2-4,7,9,12-13H,5-6,8,17H2,1H3,(H,18,20)(H,19,21)/t12-,13-/m0/s1. The summed E-state index contributed by atoms with van der Waals surface area (Å²) in [6, 6.07) is 8.39. The van der Waals surface area contributed by atoms with Gasteiger partial charge in [0.05, 0.1) is 17.5 Å². The Labute approximate surface area is 123 Å². The van der Waals surface area contributed by atoms with Crippen molar-refractivity contribution in [1.82, 2.24) is 15.5 Å². The molecule has 0 aliphatic heterocycles. The molecule has 4 N–H and O–H groups in total. The van der Waals surface area contributed by atoms with Gasteiger partial charge in [0.2, 0.25) is 0 Å². The molecule has 5 heteroatoms. The zero-order chi connectivity index (χ0) is 14.8. The summed E-state index contributed by atoms with van der Waals surface area (Å²) in [6.07, 6.45) is 4.36. The van der Waals surface area contributed by atoms with Crippen LogP contribution in [0.25, 0.3) is 11.3 Å². The third-order valence-electron chi connectivity index (χ3n) is 4.00. The zero-order valence-electron chi connectivity index (χ0n) is 12.1. The number of nitrogens with zero attached hydrogens (tertiary/aromatic N) is 1. The molecule has 2 atom stereocenters. The van der Waals surface area contributed by atoms with Crippen LogP contribution in [-0.2, 0) is 0 Å². The third-order valence-corrected chi connectivity index (χ3v) is 4.00. The fourth-order valence-corrected chi connectivity index (χ4v) is 2.89. The van der Waals surface area contributed by atoms with E-state index in [1.165, 1.54) is 0 Å². The van der Waals surface area contributed by atoms with E-state index < -0.39 is 0 Å². The van der Waals surface area contributed by atoms with Gasteiger partial charge in [-0.15, -0.1) is 0 Å². The Morgan fingerprint density at radius 1 is 1.43 bits per heavy atom. The van der Waals surface area contributed by atoms with E-state index in [0.717, 1.165) is 36.1 Å². The summed E-state index contributed by atoms with van der Waals surface area (Å²) in [5, 5.41) is 10.0. The van der Waals surface area contributed by atoms with E-state index in [1.54, 1.807) is 6.20 Å². The van der Waals surface area contributed by atoms with Gasteiger partial charge < -0.3 is 11.1 Å². The maximum Gasteiger partial charge on any atom is 0.255 e. The molecule has 2 aromatic rings. The van der Waals surface area contributed by atoms with Crippen LogP contribution in [0.2, 0.25) is 0 Å². The number of nitrogens with two attached hydrogens (primary N) is 1. The fraction of sp³-hybridized carbons (Fsp3) is 0.375. The van der Waals surface area contributed by atoms with Crippen LogP contribution in [0.4, 0.5) is 0 Å². The van der Waals surface area contributed by atoms with E-state index in [4.69, 9.17) is 5.73 Å². The van der Waals surface area contributed by atoms with E-state index in [1.807, 2.05) is 31.2 Å². The Kier molecular flexibility index (Phi) is 3.75. The fourth-order valence-electron chi connectivity index (χ4n) is 2.89. The first kappa shape index (κ1) is 13.8.